The molecule has 4 aliphatic rings. The van der Waals surface area contributed by atoms with Crippen LogP contribution in [0.4, 0.5) is 10.1 Å². The van der Waals surface area contributed by atoms with Gasteiger partial charge in [0.1, 0.15) is 18.5 Å². The number of carbonyl (C=O) groups excluding carboxylic acids is 2. The van der Waals surface area contributed by atoms with Gasteiger partial charge < -0.3 is 23.8 Å². The monoisotopic (exact) mass is 484 g/mol. The smallest absolute Gasteiger partial charge is 0.461 e. The summed E-state index contributed by atoms with van der Waals surface area (Å²) in [6.45, 7) is 10.9. The molecule has 5 rings (SSSR count). The minimum atomic E-state index is -0.802. The Morgan fingerprint density at radius 1 is 1.14 bits per heavy atom. The van der Waals surface area contributed by atoms with Crippen molar-refractivity contribution in [1.82, 2.24) is 4.90 Å². The van der Waals surface area contributed by atoms with E-state index in [1.54, 1.807) is 0 Å². The van der Waals surface area contributed by atoms with Gasteiger partial charge in [0.2, 0.25) is 0 Å². The van der Waals surface area contributed by atoms with E-state index in [0.717, 1.165) is 31.3 Å². The van der Waals surface area contributed by atoms with Crippen molar-refractivity contribution in [3.8, 4) is 0 Å². The van der Waals surface area contributed by atoms with Crippen molar-refractivity contribution in [2.75, 3.05) is 24.5 Å². The number of allylic oxidation sites excluding steroid dienone is 1. The minimum absolute atomic E-state index is 0.0298. The summed E-state index contributed by atoms with van der Waals surface area (Å²) in [6.07, 6.45) is 3.99. The fraction of sp³-hybridized carbons (Fsp3) is 0.615. The predicted octanol–water partition coefficient (Wildman–Crippen LogP) is 3.09. The summed E-state index contributed by atoms with van der Waals surface area (Å²) in [5, 5.41) is 0. The van der Waals surface area contributed by atoms with Gasteiger partial charge in [0.15, 0.2) is 5.78 Å². The highest BCUT2D eigenvalue weighted by Gasteiger charge is 2.53. The Kier molecular flexibility index (Phi) is 5.99. The second kappa shape index (κ2) is 8.62. The Hall–Kier alpha value is -2.39. The van der Waals surface area contributed by atoms with Crippen LogP contribution in [0, 0.1) is 5.82 Å². The summed E-state index contributed by atoms with van der Waals surface area (Å²) in [6, 6.07) is 2.62. The molecule has 0 radical (unpaired) electrons. The van der Waals surface area contributed by atoms with Gasteiger partial charge in [0, 0.05) is 49.1 Å². The molecule has 2 fully saturated rings. The lowest BCUT2D eigenvalue weighted by atomic mass is 9.75. The molecule has 1 aromatic rings. The Morgan fingerprint density at radius 3 is 2.51 bits per heavy atom. The van der Waals surface area contributed by atoms with Crippen molar-refractivity contribution in [1.29, 1.82) is 0 Å². The normalized spacial score (nSPS) is 25.1. The number of fused-ring (bicyclic) bond motifs is 2. The molecule has 0 N–H and O–H groups in total. The fourth-order valence-electron chi connectivity index (χ4n) is 5.66. The van der Waals surface area contributed by atoms with E-state index in [4.69, 9.17) is 14.0 Å². The van der Waals surface area contributed by atoms with E-state index in [-0.39, 0.29) is 18.4 Å². The van der Waals surface area contributed by atoms with E-state index in [1.165, 1.54) is 24.8 Å². The van der Waals surface area contributed by atoms with Gasteiger partial charge in [0.05, 0.1) is 11.2 Å². The Morgan fingerprint density at radius 2 is 1.83 bits per heavy atom. The van der Waals surface area contributed by atoms with E-state index in [0.29, 0.717) is 36.3 Å². The van der Waals surface area contributed by atoms with Crippen LogP contribution in [0.25, 0.3) is 0 Å². The topological polar surface area (TPSA) is 68.3 Å². The number of Topliss-reactive ketones (excluding diaryl/α,β-unsaturated/α-hetero) is 1. The summed E-state index contributed by atoms with van der Waals surface area (Å²) in [4.78, 5) is 29.3. The zero-order chi connectivity index (χ0) is 25.1. The first-order valence-corrected chi connectivity index (χ1v) is 12.6. The number of piperazine rings is 1. The van der Waals surface area contributed by atoms with Crippen LogP contribution in [0.15, 0.2) is 23.4 Å². The molecule has 1 atom stereocenters. The summed E-state index contributed by atoms with van der Waals surface area (Å²) < 4.78 is 32.9. The first-order valence-electron chi connectivity index (χ1n) is 12.6. The summed E-state index contributed by atoms with van der Waals surface area (Å²) in [5.41, 5.74) is 2.77. The molecular formula is C26H34BFN2O5. The SMILES string of the molecule is CC(=O)OCc1c(B2OC(C)(C)C(C)(C)O2)cc(F)cc1N1CCN2C3=C(CCCC3)C(=O)C2C1. The van der Waals surface area contributed by atoms with Crippen molar-refractivity contribution in [3.05, 3.63) is 34.8 Å². The lowest BCUT2D eigenvalue weighted by molar-refractivity contribution is -0.142. The van der Waals surface area contributed by atoms with Crippen LogP contribution in [0.3, 0.4) is 0 Å². The molecule has 3 aliphatic heterocycles. The average molecular weight is 484 g/mol. The molecule has 0 bridgehead atoms. The molecule has 1 aliphatic carbocycles. The number of anilines is 1. The van der Waals surface area contributed by atoms with E-state index in [9.17, 15) is 9.59 Å². The van der Waals surface area contributed by atoms with Crippen LogP contribution in [-0.4, -0.2) is 60.6 Å². The minimum Gasteiger partial charge on any atom is -0.461 e. The maximum Gasteiger partial charge on any atom is 0.495 e. The molecule has 2 saturated heterocycles. The first kappa shape index (κ1) is 24.3. The van der Waals surface area contributed by atoms with E-state index in [2.05, 4.69) is 4.90 Å². The molecule has 35 heavy (non-hydrogen) atoms. The number of rotatable bonds is 4. The third kappa shape index (κ3) is 4.16. The quantitative estimate of drug-likeness (QED) is 0.481. The molecular weight excluding hydrogens is 450 g/mol. The average Bonchev–Trinajstić information content (AvgIpc) is 3.20. The van der Waals surface area contributed by atoms with Gasteiger partial charge in [-0.1, -0.05) is 0 Å². The number of benzene rings is 1. The number of hydrogen-bond acceptors (Lipinski definition) is 7. The molecule has 0 aromatic heterocycles. The number of halogens is 1. The van der Waals surface area contributed by atoms with Crippen LogP contribution in [0.1, 0.15) is 65.9 Å². The first-order chi connectivity index (χ1) is 16.5. The van der Waals surface area contributed by atoms with E-state index >= 15 is 4.39 Å². The molecule has 0 saturated carbocycles. The van der Waals surface area contributed by atoms with E-state index < -0.39 is 30.1 Å². The van der Waals surface area contributed by atoms with Gasteiger partial charge in [-0.25, -0.2) is 4.39 Å². The number of ether oxygens (including phenoxy) is 1. The predicted molar refractivity (Wildman–Crippen MR) is 131 cm³/mol. The molecule has 7 nitrogen and oxygen atoms in total. The van der Waals surface area contributed by atoms with Gasteiger partial charge in [-0.3, -0.25) is 9.59 Å². The number of carbonyl (C=O) groups is 2. The third-order valence-electron chi connectivity index (χ3n) is 8.26. The van der Waals surface area contributed by atoms with Crippen LogP contribution < -0.4 is 10.4 Å². The summed E-state index contributed by atoms with van der Waals surface area (Å²) in [5.74, 6) is -0.643. The standard InChI is InChI=1S/C26H34BFN2O5/c1-16(31)33-15-19-20(27-34-25(2,3)26(4,5)35-27)12-17(28)13-22(19)29-10-11-30-21-9-7-6-8-18(21)24(32)23(30)14-29/h12-13,23H,6-11,14-15H2,1-5H3. The maximum atomic E-state index is 15.1. The highest BCUT2D eigenvalue weighted by Crippen LogP contribution is 2.40. The largest absolute Gasteiger partial charge is 0.495 e. The van der Waals surface area contributed by atoms with Gasteiger partial charge in [-0.2, -0.15) is 0 Å². The van der Waals surface area contributed by atoms with Crippen molar-refractivity contribution >= 4 is 30.0 Å². The van der Waals surface area contributed by atoms with Crippen LogP contribution in [0.5, 0.6) is 0 Å². The van der Waals surface area contributed by atoms with Crippen molar-refractivity contribution in [2.45, 2.75) is 84.2 Å². The van der Waals surface area contributed by atoms with Crippen LogP contribution in [0.2, 0.25) is 0 Å². The lowest BCUT2D eigenvalue weighted by Crippen LogP contribution is -2.53. The van der Waals surface area contributed by atoms with Crippen LogP contribution >= 0.6 is 0 Å². The zero-order valence-electron chi connectivity index (χ0n) is 21.3. The lowest BCUT2D eigenvalue weighted by Gasteiger charge is -2.41. The molecule has 1 aromatic carbocycles. The molecule has 0 spiro atoms. The third-order valence-corrected chi connectivity index (χ3v) is 8.26. The fourth-order valence-corrected chi connectivity index (χ4v) is 5.66. The second-order valence-corrected chi connectivity index (χ2v) is 11.0. The van der Waals surface area contributed by atoms with Gasteiger partial charge in [0.25, 0.3) is 0 Å². The molecule has 9 heteroatoms. The molecule has 3 heterocycles. The summed E-state index contributed by atoms with van der Waals surface area (Å²) >= 11 is 0. The maximum absolute atomic E-state index is 15.1. The Labute approximate surface area is 206 Å². The summed E-state index contributed by atoms with van der Waals surface area (Å²) in [7, 11) is -0.802. The molecule has 0 amide bonds. The molecule has 188 valence electrons. The Bertz CT molecular complexity index is 1090. The van der Waals surface area contributed by atoms with Crippen molar-refractivity contribution in [2.24, 2.45) is 0 Å². The Balaban J connectivity index is 1.50. The number of esters is 1. The number of hydrogen-bond donors (Lipinski definition) is 0. The van der Waals surface area contributed by atoms with Crippen LogP contribution in [-0.2, 0) is 30.2 Å². The zero-order valence-corrected chi connectivity index (χ0v) is 21.3. The van der Waals surface area contributed by atoms with Gasteiger partial charge in [-0.05, 0) is 71.0 Å². The van der Waals surface area contributed by atoms with Gasteiger partial charge in [-0.15, -0.1) is 0 Å². The number of ketones is 1. The van der Waals surface area contributed by atoms with Crippen molar-refractivity contribution in [3.63, 3.8) is 0 Å². The highest BCUT2D eigenvalue weighted by molar-refractivity contribution is 6.62. The van der Waals surface area contributed by atoms with Gasteiger partial charge >= 0.3 is 13.1 Å². The molecule has 1 unspecified atom stereocenters. The van der Waals surface area contributed by atoms with E-state index in [1.807, 2.05) is 32.6 Å². The highest BCUT2D eigenvalue weighted by atomic mass is 19.1. The number of nitrogens with zero attached hydrogens (tertiary/aromatic N) is 2. The second-order valence-electron chi connectivity index (χ2n) is 11.0. The van der Waals surface area contributed by atoms with Crippen molar-refractivity contribution < 1.29 is 28.0 Å².